The van der Waals surface area contributed by atoms with Gasteiger partial charge in [0.2, 0.25) is 0 Å². The van der Waals surface area contributed by atoms with Crippen molar-refractivity contribution in [3.63, 3.8) is 0 Å². The van der Waals surface area contributed by atoms with Gasteiger partial charge in [0, 0.05) is 19.3 Å². The molecule has 6 heteroatoms. The van der Waals surface area contributed by atoms with E-state index >= 15 is 0 Å². The second kappa shape index (κ2) is 61.6. The first-order chi connectivity index (χ1) is 36.5. The van der Waals surface area contributed by atoms with Gasteiger partial charge in [0.05, 0.1) is 0 Å². The number of esters is 3. The molecule has 0 saturated carbocycles. The van der Waals surface area contributed by atoms with Crippen LogP contribution in [0, 0.1) is 0 Å². The van der Waals surface area contributed by atoms with Crippen LogP contribution in [0.3, 0.4) is 0 Å². The Kier molecular flexibility index (Phi) is 58.3. The predicted octanol–water partition coefficient (Wildman–Crippen LogP) is 21.0. The monoisotopic (exact) mass is 1030 g/mol. The molecule has 0 bridgehead atoms. The molecule has 0 aromatic heterocycles. The van der Waals surface area contributed by atoms with Crippen LogP contribution in [-0.2, 0) is 28.6 Å². The van der Waals surface area contributed by atoms with Crippen LogP contribution in [0.5, 0.6) is 0 Å². The van der Waals surface area contributed by atoms with Crippen molar-refractivity contribution in [3.8, 4) is 0 Å². The highest BCUT2D eigenvalue weighted by molar-refractivity contribution is 5.71. The minimum atomic E-state index is -0.806. The number of carbonyl (C=O) groups excluding carboxylic acids is 3. The van der Waals surface area contributed by atoms with Crippen molar-refractivity contribution in [1.29, 1.82) is 0 Å². The van der Waals surface area contributed by atoms with Crippen molar-refractivity contribution in [2.24, 2.45) is 0 Å². The van der Waals surface area contributed by atoms with Gasteiger partial charge in [-0.05, 0) is 96.3 Å². The Labute approximate surface area is 457 Å². The largest absolute Gasteiger partial charge is 0.462 e. The third-order valence-corrected chi connectivity index (χ3v) is 13.0. The van der Waals surface area contributed by atoms with E-state index in [4.69, 9.17) is 14.2 Å². The zero-order valence-corrected chi connectivity index (χ0v) is 48.3. The molecule has 0 heterocycles. The summed E-state index contributed by atoms with van der Waals surface area (Å²) in [6, 6.07) is 0. The lowest BCUT2D eigenvalue weighted by Crippen LogP contribution is -2.30. The van der Waals surface area contributed by atoms with Crippen molar-refractivity contribution in [2.75, 3.05) is 13.2 Å². The van der Waals surface area contributed by atoms with Gasteiger partial charge < -0.3 is 14.2 Å². The van der Waals surface area contributed by atoms with E-state index in [2.05, 4.69) is 130 Å². The maximum Gasteiger partial charge on any atom is 0.306 e. The van der Waals surface area contributed by atoms with E-state index < -0.39 is 6.10 Å². The summed E-state index contributed by atoms with van der Waals surface area (Å²) in [5.41, 5.74) is 0. The average Bonchev–Trinajstić information content (AvgIpc) is 3.40. The number of ether oxygens (including phenoxy) is 3. The number of carbonyl (C=O) groups is 3. The van der Waals surface area contributed by atoms with E-state index in [1.54, 1.807) is 0 Å². The molecule has 0 aliphatic heterocycles. The molecule has 1 atom stereocenters. The lowest BCUT2D eigenvalue weighted by Gasteiger charge is -2.18. The highest BCUT2D eigenvalue weighted by Crippen LogP contribution is 2.16. The van der Waals surface area contributed by atoms with Crippen LogP contribution in [-0.4, -0.2) is 37.2 Å². The lowest BCUT2D eigenvalue weighted by molar-refractivity contribution is -0.167. The molecular weight excluding hydrogens is 913 g/mol. The summed E-state index contributed by atoms with van der Waals surface area (Å²) in [7, 11) is 0. The molecule has 0 rings (SSSR count). The Bertz CT molecular complexity index is 1510. The van der Waals surface area contributed by atoms with Gasteiger partial charge in [0.15, 0.2) is 6.10 Å². The van der Waals surface area contributed by atoms with Crippen LogP contribution in [0.25, 0.3) is 0 Å². The van der Waals surface area contributed by atoms with Crippen LogP contribution in [0.15, 0.2) is 109 Å². The fourth-order valence-corrected chi connectivity index (χ4v) is 8.47. The normalized spacial score (nSPS) is 12.9. The average molecular weight is 1030 g/mol. The molecule has 0 aromatic carbocycles. The fourth-order valence-electron chi connectivity index (χ4n) is 8.47. The number of hydrogen-bond donors (Lipinski definition) is 0. The Morgan fingerprint density at radius 1 is 0.284 bits per heavy atom. The van der Waals surface area contributed by atoms with Crippen LogP contribution >= 0.6 is 0 Å². The lowest BCUT2D eigenvalue weighted by atomic mass is 10.0. The van der Waals surface area contributed by atoms with Gasteiger partial charge in [0.1, 0.15) is 13.2 Å². The summed E-state index contributed by atoms with van der Waals surface area (Å²) < 4.78 is 16.8. The molecule has 0 aliphatic rings. The maximum atomic E-state index is 12.8. The molecule has 422 valence electrons. The molecule has 0 fully saturated rings. The van der Waals surface area contributed by atoms with Crippen molar-refractivity contribution >= 4 is 17.9 Å². The summed E-state index contributed by atoms with van der Waals surface area (Å²) in [6.07, 6.45) is 84.0. The Balaban J connectivity index is 4.23. The van der Waals surface area contributed by atoms with Crippen LogP contribution < -0.4 is 0 Å². The summed E-state index contributed by atoms with van der Waals surface area (Å²) >= 11 is 0. The third-order valence-electron chi connectivity index (χ3n) is 13.0. The number of unbranched alkanes of at least 4 members (excludes halogenated alkanes) is 26. The molecule has 0 saturated heterocycles. The molecule has 0 radical (unpaired) electrons. The fraction of sp³-hybridized carbons (Fsp3) is 0.691. The summed E-state index contributed by atoms with van der Waals surface area (Å²) in [5.74, 6) is -0.953. The summed E-state index contributed by atoms with van der Waals surface area (Å²) in [6.45, 7) is 6.37. The SMILES string of the molecule is CC/C=C\C/C=C\C/C=C\C/C=C\C/C=C\CCCC(=O)OC(COC(=O)CCCCCCCCCCCC)COC(=O)CCCCCCCCCCCCCCCCCC/C=C\C/C=C\C/C=C\C/C=C\CC. The topological polar surface area (TPSA) is 78.9 Å². The van der Waals surface area contributed by atoms with Gasteiger partial charge in [-0.25, -0.2) is 0 Å². The predicted molar refractivity (Wildman–Crippen MR) is 320 cm³/mol. The first-order valence-corrected chi connectivity index (χ1v) is 30.9. The molecule has 0 amide bonds. The second-order valence-electron chi connectivity index (χ2n) is 20.2. The van der Waals surface area contributed by atoms with Crippen molar-refractivity contribution in [2.45, 2.75) is 290 Å². The second-order valence-corrected chi connectivity index (χ2v) is 20.2. The number of allylic oxidation sites excluding steroid dienone is 18. The van der Waals surface area contributed by atoms with Crippen LogP contribution in [0.1, 0.15) is 284 Å². The van der Waals surface area contributed by atoms with E-state index in [1.807, 2.05) is 0 Å². The Hall–Kier alpha value is -3.93. The van der Waals surface area contributed by atoms with Gasteiger partial charge in [-0.3, -0.25) is 14.4 Å². The van der Waals surface area contributed by atoms with E-state index in [1.165, 1.54) is 135 Å². The van der Waals surface area contributed by atoms with Gasteiger partial charge >= 0.3 is 17.9 Å². The zero-order valence-electron chi connectivity index (χ0n) is 48.3. The number of rotatable bonds is 55. The standard InChI is InChI=1S/C68H114O6/c1-4-7-10-13-16-19-22-24-26-28-29-30-31-32-33-34-35-36-37-38-39-41-42-44-46-49-52-55-58-61-67(70)73-64-65(63-72-66(69)60-57-54-51-48-21-18-15-12-9-6-3)74-68(71)62-59-56-53-50-47-45-43-40-27-25-23-20-17-14-11-8-5-2/h7-8,10-11,16-17,19-20,24-27,29-30,43,45,50,53,65H,4-6,9,12-15,18,21-23,28,31-42,44,46-49,51-52,54-64H2,1-3H3/b10-7-,11-8-,19-16-,20-17-,26-24-,27-25-,30-29-,45-43-,53-50-. The van der Waals surface area contributed by atoms with E-state index in [0.717, 1.165) is 103 Å². The first kappa shape index (κ1) is 70.1. The molecular formula is C68H114O6. The summed E-state index contributed by atoms with van der Waals surface area (Å²) in [5, 5.41) is 0. The van der Waals surface area contributed by atoms with Crippen LogP contribution in [0.4, 0.5) is 0 Å². The number of hydrogen-bond acceptors (Lipinski definition) is 6. The van der Waals surface area contributed by atoms with Crippen molar-refractivity contribution in [1.82, 2.24) is 0 Å². The quantitative estimate of drug-likeness (QED) is 0.0261. The minimum absolute atomic E-state index is 0.0982. The van der Waals surface area contributed by atoms with Crippen molar-refractivity contribution < 1.29 is 28.6 Å². The minimum Gasteiger partial charge on any atom is -0.462 e. The molecule has 0 aromatic rings. The van der Waals surface area contributed by atoms with Gasteiger partial charge in [-0.2, -0.15) is 0 Å². The van der Waals surface area contributed by atoms with Crippen LogP contribution in [0.2, 0.25) is 0 Å². The Morgan fingerprint density at radius 2 is 0.541 bits per heavy atom. The van der Waals surface area contributed by atoms with Gasteiger partial charge in [0.25, 0.3) is 0 Å². The summed E-state index contributed by atoms with van der Waals surface area (Å²) in [4.78, 5) is 38.1. The molecule has 0 spiro atoms. The van der Waals surface area contributed by atoms with E-state index in [0.29, 0.717) is 19.3 Å². The molecule has 6 nitrogen and oxygen atoms in total. The highest BCUT2D eigenvalue weighted by Gasteiger charge is 2.19. The zero-order chi connectivity index (χ0) is 53.6. The molecule has 1 unspecified atom stereocenters. The third kappa shape index (κ3) is 59.0. The van der Waals surface area contributed by atoms with E-state index in [-0.39, 0.29) is 37.5 Å². The maximum absolute atomic E-state index is 12.8. The Morgan fingerprint density at radius 3 is 0.865 bits per heavy atom. The van der Waals surface area contributed by atoms with Gasteiger partial charge in [-0.15, -0.1) is 0 Å². The highest BCUT2D eigenvalue weighted by atomic mass is 16.6. The molecule has 0 N–H and O–H groups in total. The van der Waals surface area contributed by atoms with Crippen molar-refractivity contribution in [3.05, 3.63) is 109 Å². The van der Waals surface area contributed by atoms with E-state index in [9.17, 15) is 14.4 Å². The molecule has 74 heavy (non-hydrogen) atoms. The van der Waals surface area contributed by atoms with Gasteiger partial charge in [-0.1, -0.05) is 278 Å². The molecule has 0 aliphatic carbocycles. The smallest absolute Gasteiger partial charge is 0.306 e. The first-order valence-electron chi connectivity index (χ1n) is 30.9.